The van der Waals surface area contributed by atoms with E-state index >= 15 is 0 Å². The molecule has 0 aliphatic heterocycles. The van der Waals surface area contributed by atoms with Gasteiger partial charge in [0, 0.05) is 18.2 Å². The molecule has 0 bridgehead atoms. The summed E-state index contributed by atoms with van der Waals surface area (Å²) < 4.78 is 23.2. The highest BCUT2D eigenvalue weighted by atomic mass is 19.1. The molecule has 5 nitrogen and oxygen atoms in total. The van der Waals surface area contributed by atoms with Crippen LogP contribution >= 0.6 is 0 Å². The van der Waals surface area contributed by atoms with Crippen LogP contribution in [0.15, 0.2) is 59.1 Å². The Morgan fingerprint density at radius 1 is 1.15 bits per heavy atom. The number of ether oxygens (including phenoxy) is 1. The number of carbonyl (C=O) groups excluding carboxylic acids is 1. The first-order chi connectivity index (χ1) is 12.7. The van der Waals surface area contributed by atoms with Gasteiger partial charge in [-0.25, -0.2) is 4.39 Å². The number of rotatable bonds is 7. The second-order valence-electron chi connectivity index (χ2n) is 5.79. The van der Waals surface area contributed by atoms with Gasteiger partial charge in [-0.15, -0.1) is 0 Å². The van der Waals surface area contributed by atoms with Crippen LogP contribution in [0.5, 0.6) is 5.75 Å². The van der Waals surface area contributed by atoms with E-state index in [-0.39, 0.29) is 17.4 Å². The minimum Gasteiger partial charge on any atom is -0.497 e. The maximum atomic E-state index is 12.9. The number of hydrogen-bond acceptors (Lipinski definition) is 4. The van der Waals surface area contributed by atoms with E-state index in [4.69, 9.17) is 9.26 Å². The van der Waals surface area contributed by atoms with E-state index in [1.54, 1.807) is 25.3 Å². The molecule has 1 N–H and O–H groups in total. The number of nitrogens with one attached hydrogen (secondary N) is 1. The van der Waals surface area contributed by atoms with Crippen molar-refractivity contribution in [1.29, 1.82) is 0 Å². The molecule has 3 rings (SSSR count). The van der Waals surface area contributed by atoms with Gasteiger partial charge in [0.2, 0.25) is 0 Å². The van der Waals surface area contributed by atoms with Gasteiger partial charge in [-0.05, 0) is 54.8 Å². The van der Waals surface area contributed by atoms with Crippen molar-refractivity contribution in [3.8, 4) is 17.1 Å². The second-order valence-corrected chi connectivity index (χ2v) is 5.79. The number of aromatic nitrogens is 1. The van der Waals surface area contributed by atoms with Crippen molar-refractivity contribution < 1.29 is 18.4 Å². The van der Waals surface area contributed by atoms with Crippen LogP contribution in [-0.2, 0) is 6.42 Å². The van der Waals surface area contributed by atoms with E-state index in [0.29, 0.717) is 12.3 Å². The van der Waals surface area contributed by atoms with Crippen LogP contribution < -0.4 is 10.1 Å². The number of carbonyl (C=O) groups is 1. The van der Waals surface area contributed by atoms with E-state index in [1.807, 2.05) is 24.3 Å². The number of aryl methyl sites for hydroxylation is 1. The zero-order valence-corrected chi connectivity index (χ0v) is 14.4. The summed E-state index contributed by atoms with van der Waals surface area (Å²) in [7, 11) is 1.60. The fraction of sp³-hybridized carbons (Fsp3) is 0.200. The van der Waals surface area contributed by atoms with Crippen LogP contribution in [0.1, 0.15) is 22.5 Å². The molecule has 134 valence electrons. The monoisotopic (exact) mass is 354 g/mol. The Balaban J connectivity index is 1.50. The molecule has 3 aromatic rings. The van der Waals surface area contributed by atoms with Gasteiger partial charge >= 0.3 is 0 Å². The Hall–Kier alpha value is -3.15. The molecule has 26 heavy (non-hydrogen) atoms. The number of benzene rings is 2. The van der Waals surface area contributed by atoms with E-state index in [2.05, 4.69) is 10.5 Å². The van der Waals surface area contributed by atoms with Gasteiger partial charge in [0.15, 0.2) is 11.5 Å². The Labute approximate surface area is 150 Å². The van der Waals surface area contributed by atoms with Crippen molar-refractivity contribution in [3.05, 3.63) is 71.7 Å². The molecule has 0 fully saturated rings. The van der Waals surface area contributed by atoms with Gasteiger partial charge in [-0.3, -0.25) is 4.79 Å². The Kier molecular flexibility index (Phi) is 5.63. The Morgan fingerprint density at radius 2 is 1.88 bits per heavy atom. The van der Waals surface area contributed by atoms with Gasteiger partial charge < -0.3 is 14.6 Å². The Bertz CT molecular complexity index is 858. The summed E-state index contributed by atoms with van der Waals surface area (Å²) in [4.78, 5) is 12.1. The minimum atomic E-state index is -0.285. The zero-order valence-electron chi connectivity index (χ0n) is 14.4. The summed E-state index contributed by atoms with van der Waals surface area (Å²) >= 11 is 0. The summed E-state index contributed by atoms with van der Waals surface area (Å²) in [6.45, 7) is 0.501. The number of hydrogen-bond donors (Lipinski definition) is 1. The lowest BCUT2D eigenvalue weighted by Gasteiger charge is -2.03. The van der Waals surface area contributed by atoms with Crippen molar-refractivity contribution >= 4 is 5.91 Å². The average Bonchev–Trinajstić information content (AvgIpc) is 3.17. The van der Waals surface area contributed by atoms with Crippen molar-refractivity contribution in [2.75, 3.05) is 13.7 Å². The van der Waals surface area contributed by atoms with Crippen molar-refractivity contribution in [2.24, 2.45) is 0 Å². The molecular formula is C20H19FN2O3. The highest BCUT2D eigenvalue weighted by molar-refractivity contribution is 5.93. The normalized spacial score (nSPS) is 10.5. The highest BCUT2D eigenvalue weighted by Gasteiger charge is 2.13. The Morgan fingerprint density at radius 3 is 2.58 bits per heavy atom. The lowest BCUT2D eigenvalue weighted by atomic mass is 10.1. The molecule has 0 aliphatic rings. The molecule has 0 unspecified atom stereocenters. The van der Waals surface area contributed by atoms with Gasteiger partial charge in [-0.1, -0.05) is 17.3 Å². The smallest absolute Gasteiger partial charge is 0.273 e. The van der Waals surface area contributed by atoms with E-state index < -0.39 is 0 Å². The van der Waals surface area contributed by atoms with Gasteiger partial charge in [0.25, 0.3) is 5.91 Å². The van der Waals surface area contributed by atoms with E-state index in [9.17, 15) is 9.18 Å². The molecule has 0 spiro atoms. The summed E-state index contributed by atoms with van der Waals surface area (Å²) in [5.41, 5.74) is 2.08. The standard InChI is InChI=1S/C20H19FN2O3/c1-25-17-10-6-15(7-11-17)19-13-18(23-26-19)20(24)22-12-2-3-14-4-8-16(21)9-5-14/h4-11,13H,2-3,12H2,1H3,(H,22,24). The fourth-order valence-corrected chi connectivity index (χ4v) is 2.51. The molecule has 1 heterocycles. The largest absolute Gasteiger partial charge is 0.497 e. The van der Waals surface area contributed by atoms with Crippen molar-refractivity contribution in [3.63, 3.8) is 0 Å². The number of halogens is 1. The van der Waals surface area contributed by atoms with Crippen LogP contribution in [0.2, 0.25) is 0 Å². The fourth-order valence-electron chi connectivity index (χ4n) is 2.51. The van der Waals surface area contributed by atoms with Gasteiger partial charge in [0.1, 0.15) is 11.6 Å². The first kappa shape index (κ1) is 17.7. The average molecular weight is 354 g/mol. The molecule has 0 radical (unpaired) electrons. The second kappa shape index (κ2) is 8.29. The van der Waals surface area contributed by atoms with Gasteiger partial charge in [-0.2, -0.15) is 0 Å². The molecule has 0 atom stereocenters. The molecule has 6 heteroatoms. The third-order valence-corrected chi connectivity index (χ3v) is 3.96. The van der Waals surface area contributed by atoms with Crippen LogP contribution in [0, 0.1) is 5.82 Å². The lowest BCUT2D eigenvalue weighted by molar-refractivity contribution is 0.0944. The van der Waals surface area contributed by atoms with Crippen molar-refractivity contribution in [2.45, 2.75) is 12.8 Å². The van der Waals surface area contributed by atoms with Crippen LogP contribution in [-0.4, -0.2) is 24.7 Å². The molecule has 0 saturated heterocycles. The zero-order chi connectivity index (χ0) is 18.4. The molecule has 0 saturated carbocycles. The van der Waals surface area contributed by atoms with Crippen LogP contribution in [0.4, 0.5) is 4.39 Å². The summed E-state index contributed by atoms with van der Waals surface area (Å²) in [5.74, 6) is 0.727. The number of methoxy groups -OCH3 is 1. The van der Waals surface area contributed by atoms with E-state index in [0.717, 1.165) is 29.7 Å². The summed E-state index contributed by atoms with van der Waals surface area (Å²) in [5, 5.41) is 6.63. The summed E-state index contributed by atoms with van der Waals surface area (Å²) in [6.07, 6.45) is 1.51. The van der Waals surface area contributed by atoms with Crippen LogP contribution in [0.3, 0.4) is 0 Å². The SMILES string of the molecule is COc1ccc(-c2cc(C(=O)NCCCc3ccc(F)cc3)no2)cc1. The number of amides is 1. The minimum absolute atomic E-state index is 0.234. The maximum absolute atomic E-state index is 12.9. The molecule has 0 aliphatic carbocycles. The molecule has 1 amide bonds. The first-order valence-corrected chi connectivity index (χ1v) is 8.29. The maximum Gasteiger partial charge on any atom is 0.273 e. The lowest BCUT2D eigenvalue weighted by Crippen LogP contribution is -2.25. The molecule has 1 aromatic heterocycles. The van der Waals surface area contributed by atoms with E-state index in [1.165, 1.54) is 12.1 Å². The third kappa shape index (κ3) is 4.47. The number of nitrogens with zero attached hydrogens (tertiary/aromatic N) is 1. The summed E-state index contributed by atoms with van der Waals surface area (Å²) in [6, 6.07) is 15.3. The van der Waals surface area contributed by atoms with Crippen molar-refractivity contribution in [1.82, 2.24) is 10.5 Å². The third-order valence-electron chi connectivity index (χ3n) is 3.96. The molecule has 2 aromatic carbocycles. The quantitative estimate of drug-likeness (QED) is 0.655. The predicted octanol–water partition coefficient (Wildman–Crippen LogP) is 3.85. The van der Waals surface area contributed by atoms with Crippen LogP contribution in [0.25, 0.3) is 11.3 Å². The van der Waals surface area contributed by atoms with Gasteiger partial charge in [0.05, 0.1) is 7.11 Å². The topological polar surface area (TPSA) is 64.4 Å². The first-order valence-electron chi connectivity index (χ1n) is 8.29. The predicted molar refractivity (Wildman–Crippen MR) is 95.5 cm³/mol. The highest BCUT2D eigenvalue weighted by Crippen LogP contribution is 2.23. The molecular weight excluding hydrogens is 335 g/mol.